The van der Waals surface area contributed by atoms with E-state index in [2.05, 4.69) is 23.7 Å². The largest absolute Gasteiger partial charge is 0.396 e. The summed E-state index contributed by atoms with van der Waals surface area (Å²) in [4.78, 5) is 6.90. The lowest BCUT2D eigenvalue weighted by Crippen LogP contribution is -2.36. The third-order valence-electron chi connectivity index (χ3n) is 3.83. The first-order valence-corrected chi connectivity index (χ1v) is 6.56. The van der Waals surface area contributed by atoms with Crippen molar-refractivity contribution in [2.24, 2.45) is 11.8 Å². The molecule has 0 bridgehead atoms. The van der Waals surface area contributed by atoms with E-state index in [0.717, 1.165) is 42.1 Å². The first-order chi connectivity index (χ1) is 8.08. The summed E-state index contributed by atoms with van der Waals surface area (Å²) >= 11 is 0. The maximum absolute atomic E-state index is 6.01. The highest BCUT2D eigenvalue weighted by Crippen LogP contribution is 2.29. The molecule has 1 aromatic heterocycles. The SMILES string of the molecule is Cc1ccc(N)c(N2CCC(C(C)C)CC2)n1. The molecule has 0 aromatic carbocycles. The molecule has 1 saturated heterocycles. The van der Waals surface area contributed by atoms with E-state index in [1.165, 1.54) is 12.8 Å². The zero-order valence-corrected chi connectivity index (χ0v) is 11.1. The van der Waals surface area contributed by atoms with Crippen molar-refractivity contribution in [2.45, 2.75) is 33.6 Å². The van der Waals surface area contributed by atoms with Gasteiger partial charge in [-0.3, -0.25) is 0 Å². The number of aromatic nitrogens is 1. The fourth-order valence-electron chi connectivity index (χ4n) is 2.58. The van der Waals surface area contributed by atoms with Crippen molar-refractivity contribution in [3.63, 3.8) is 0 Å². The van der Waals surface area contributed by atoms with Gasteiger partial charge < -0.3 is 10.6 Å². The minimum Gasteiger partial charge on any atom is -0.396 e. The number of nitrogen functional groups attached to an aromatic ring is 1. The zero-order valence-electron chi connectivity index (χ0n) is 11.1. The van der Waals surface area contributed by atoms with Crippen LogP contribution in [0.15, 0.2) is 12.1 Å². The fourth-order valence-corrected chi connectivity index (χ4v) is 2.58. The monoisotopic (exact) mass is 233 g/mol. The lowest BCUT2D eigenvalue weighted by Gasteiger charge is -2.35. The van der Waals surface area contributed by atoms with Gasteiger partial charge in [-0.15, -0.1) is 0 Å². The van der Waals surface area contributed by atoms with Crippen molar-refractivity contribution < 1.29 is 0 Å². The summed E-state index contributed by atoms with van der Waals surface area (Å²) in [6.07, 6.45) is 2.51. The van der Waals surface area contributed by atoms with Crippen LogP contribution in [0.4, 0.5) is 11.5 Å². The number of piperidine rings is 1. The van der Waals surface area contributed by atoms with E-state index >= 15 is 0 Å². The third kappa shape index (κ3) is 2.71. The van der Waals surface area contributed by atoms with Gasteiger partial charge in [0.1, 0.15) is 0 Å². The molecular weight excluding hydrogens is 210 g/mol. The molecule has 1 aliphatic heterocycles. The predicted octanol–water partition coefficient (Wildman–Crippen LogP) is 2.84. The van der Waals surface area contributed by atoms with Crippen LogP contribution in [0.2, 0.25) is 0 Å². The van der Waals surface area contributed by atoms with Crippen molar-refractivity contribution in [2.75, 3.05) is 23.7 Å². The van der Waals surface area contributed by atoms with Crippen LogP contribution < -0.4 is 10.6 Å². The second-order valence-corrected chi connectivity index (χ2v) is 5.43. The predicted molar refractivity (Wildman–Crippen MR) is 73.2 cm³/mol. The van der Waals surface area contributed by atoms with Gasteiger partial charge in [0, 0.05) is 18.8 Å². The van der Waals surface area contributed by atoms with E-state index in [-0.39, 0.29) is 0 Å². The molecule has 0 aliphatic carbocycles. The van der Waals surface area contributed by atoms with Gasteiger partial charge in [0.2, 0.25) is 0 Å². The van der Waals surface area contributed by atoms with Crippen molar-refractivity contribution in [1.29, 1.82) is 0 Å². The van der Waals surface area contributed by atoms with Gasteiger partial charge >= 0.3 is 0 Å². The number of nitrogens with two attached hydrogens (primary N) is 1. The molecule has 94 valence electrons. The topological polar surface area (TPSA) is 42.1 Å². The Bertz CT molecular complexity index is 379. The number of pyridine rings is 1. The van der Waals surface area contributed by atoms with Crippen LogP contribution in [0.3, 0.4) is 0 Å². The molecule has 0 unspecified atom stereocenters. The van der Waals surface area contributed by atoms with Crippen LogP contribution in [0.25, 0.3) is 0 Å². The summed E-state index contributed by atoms with van der Waals surface area (Å²) in [5, 5.41) is 0. The molecule has 2 heterocycles. The molecule has 0 spiro atoms. The van der Waals surface area contributed by atoms with Gasteiger partial charge in [-0.05, 0) is 43.7 Å². The number of hydrogen-bond acceptors (Lipinski definition) is 3. The Kier molecular flexibility index (Phi) is 3.55. The van der Waals surface area contributed by atoms with Crippen molar-refractivity contribution in [3.8, 4) is 0 Å². The molecule has 1 aliphatic rings. The summed E-state index contributed by atoms with van der Waals surface area (Å²) in [5.41, 5.74) is 7.86. The maximum atomic E-state index is 6.01. The molecule has 1 aromatic rings. The standard InChI is InChI=1S/C14H23N3/c1-10(2)12-6-8-17(9-7-12)14-13(15)5-4-11(3)16-14/h4-5,10,12H,6-9,15H2,1-3H3. The summed E-state index contributed by atoms with van der Waals surface area (Å²) in [7, 11) is 0. The lowest BCUT2D eigenvalue weighted by atomic mass is 9.87. The molecule has 17 heavy (non-hydrogen) atoms. The first kappa shape index (κ1) is 12.2. The number of aryl methyl sites for hydroxylation is 1. The van der Waals surface area contributed by atoms with Gasteiger partial charge in [0.25, 0.3) is 0 Å². The van der Waals surface area contributed by atoms with Crippen molar-refractivity contribution >= 4 is 11.5 Å². The van der Waals surface area contributed by atoms with Crippen molar-refractivity contribution in [3.05, 3.63) is 17.8 Å². The van der Waals surface area contributed by atoms with Gasteiger partial charge in [-0.2, -0.15) is 0 Å². The Morgan fingerprint density at radius 3 is 2.53 bits per heavy atom. The Labute approximate surface area is 104 Å². The van der Waals surface area contributed by atoms with E-state index in [4.69, 9.17) is 5.73 Å². The van der Waals surface area contributed by atoms with E-state index in [1.54, 1.807) is 0 Å². The highest BCUT2D eigenvalue weighted by molar-refractivity contribution is 5.63. The van der Waals surface area contributed by atoms with E-state index < -0.39 is 0 Å². The summed E-state index contributed by atoms with van der Waals surface area (Å²) in [6, 6.07) is 3.94. The molecule has 0 amide bonds. The minimum absolute atomic E-state index is 0.792. The smallest absolute Gasteiger partial charge is 0.152 e. The first-order valence-electron chi connectivity index (χ1n) is 6.56. The van der Waals surface area contributed by atoms with E-state index in [0.29, 0.717) is 0 Å². The average Bonchev–Trinajstić information content (AvgIpc) is 2.32. The van der Waals surface area contributed by atoms with Crippen LogP contribution in [-0.4, -0.2) is 18.1 Å². The summed E-state index contributed by atoms with van der Waals surface area (Å²) in [6.45, 7) is 8.83. The molecule has 1 fully saturated rings. The number of hydrogen-bond donors (Lipinski definition) is 1. The van der Waals surface area contributed by atoms with Crippen LogP contribution >= 0.6 is 0 Å². The Morgan fingerprint density at radius 2 is 1.94 bits per heavy atom. The fraction of sp³-hybridized carbons (Fsp3) is 0.643. The number of rotatable bonds is 2. The highest BCUT2D eigenvalue weighted by Gasteiger charge is 2.23. The van der Waals surface area contributed by atoms with Gasteiger partial charge in [0.15, 0.2) is 5.82 Å². The average molecular weight is 233 g/mol. The van der Waals surface area contributed by atoms with Gasteiger partial charge in [-0.1, -0.05) is 13.8 Å². The molecule has 0 atom stereocenters. The van der Waals surface area contributed by atoms with Gasteiger partial charge in [-0.25, -0.2) is 4.98 Å². The lowest BCUT2D eigenvalue weighted by molar-refractivity contribution is 0.311. The third-order valence-corrected chi connectivity index (χ3v) is 3.83. The second kappa shape index (κ2) is 4.94. The Morgan fingerprint density at radius 1 is 1.29 bits per heavy atom. The minimum atomic E-state index is 0.792. The zero-order chi connectivity index (χ0) is 12.4. The molecule has 0 radical (unpaired) electrons. The van der Waals surface area contributed by atoms with Crippen LogP contribution in [0.1, 0.15) is 32.4 Å². The van der Waals surface area contributed by atoms with Crippen LogP contribution in [0, 0.1) is 18.8 Å². The van der Waals surface area contributed by atoms with E-state index in [1.807, 2.05) is 19.1 Å². The van der Waals surface area contributed by atoms with Crippen LogP contribution in [-0.2, 0) is 0 Å². The quantitative estimate of drug-likeness (QED) is 0.854. The molecule has 0 saturated carbocycles. The number of nitrogens with zero attached hydrogens (tertiary/aromatic N) is 2. The molecule has 3 heteroatoms. The summed E-state index contributed by atoms with van der Waals surface area (Å²) < 4.78 is 0. The Hall–Kier alpha value is -1.25. The second-order valence-electron chi connectivity index (χ2n) is 5.43. The van der Waals surface area contributed by atoms with Gasteiger partial charge in [0.05, 0.1) is 5.69 Å². The van der Waals surface area contributed by atoms with E-state index in [9.17, 15) is 0 Å². The molecule has 2 rings (SSSR count). The molecule has 3 nitrogen and oxygen atoms in total. The maximum Gasteiger partial charge on any atom is 0.152 e. The van der Waals surface area contributed by atoms with Crippen molar-refractivity contribution in [1.82, 2.24) is 4.98 Å². The highest BCUT2D eigenvalue weighted by atomic mass is 15.2. The molecular formula is C14H23N3. The Balaban J connectivity index is 2.07. The number of anilines is 2. The van der Waals surface area contributed by atoms with Crippen LogP contribution in [0.5, 0.6) is 0 Å². The molecule has 2 N–H and O–H groups in total. The summed E-state index contributed by atoms with van der Waals surface area (Å²) in [5.74, 6) is 2.63. The normalized spacial score (nSPS) is 17.8.